The molecule has 1 saturated heterocycles. The van der Waals surface area contributed by atoms with Crippen LogP contribution in [0, 0.1) is 0 Å². The van der Waals surface area contributed by atoms with E-state index in [1.807, 2.05) is 30.3 Å². The normalized spacial score (nSPS) is 14.6. The zero-order valence-corrected chi connectivity index (χ0v) is 17.9. The van der Waals surface area contributed by atoms with Gasteiger partial charge in [0.1, 0.15) is 5.58 Å². The first-order valence-electron chi connectivity index (χ1n) is 10.8. The number of furan rings is 1. The van der Waals surface area contributed by atoms with E-state index < -0.39 is 5.97 Å². The Kier molecular flexibility index (Phi) is 6.23. The molecule has 2 heterocycles. The van der Waals surface area contributed by atoms with E-state index in [1.165, 1.54) is 0 Å². The van der Waals surface area contributed by atoms with Crippen LogP contribution in [0.5, 0.6) is 0 Å². The number of benzene rings is 2. The average molecular weight is 423 g/mol. The number of esters is 1. The van der Waals surface area contributed by atoms with Crippen LogP contribution in [0.4, 0.5) is 11.4 Å². The van der Waals surface area contributed by atoms with Crippen molar-refractivity contribution in [2.45, 2.75) is 13.8 Å². The summed E-state index contributed by atoms with van der Waals surface area (Å²) < 4.78 is 10.9. The lowest BCUT2D eigenvalue weighted by atomic mass is 10.1. The van der Waals surface area contributed by atoms with Crippen molar-refractivity contribution < 1.29 is 23.6 Å². The molecule has 2 N–H and O–H groups in total. The van der Waals surface area contributed by atoms with Crippen LogP contribution in [0.25, 0.3) is 11.0 Å². The molecule has 31 heavy (non-hydrogen) atoms. The fourth-order valence-electron chi connectivity index (χ4n) is 3.95. The number of hydrogen-bond donors (Lipinski definition) is 2. The zero-order valence-electron chi connectivity index (χ0n) is 17.9. The van der Waals surface area contributed by atoms with Gasteiger partial charge in [-0.05, 0) is 44.2 Å². The molecule has 3 aromatic rings. The van der Waals surface area contributed by atoms with Crippen LogP contribution >= 0.6 is 0 Å². The van der Waals surface area contributed by atoms with Gasteiger partial charge in [0.15, 0.2) is 5.76 Å². The lowest BCUT2D eigenvalue weighted by Crippen LogP contribution is -3.14. The van der Waals surface area contributed by atoms with Crippen molar-refractivity contribution in [2.75, 3.05) is 49.5 Å². The summed E-state index contributed by atoms with van der Waals surface area (Å²) in [4.78, 5) is 29.1. The van der Waals surface area contributed by atoms with E-state index in [4.69, 9.17) is 9.15 Å². The number of fused-ring (bicyclic) bond motifs is 1. The van der Waals surface area contributed by atoms with Crippen molar-refractivity contribution in [1.82, 2.24) is 0 Å². The number of hydrogen-bond acceptors (Lipinski definition) is 5. The first kappa shape index (κ1) is 20.9. The Hall–Kier alpha value is -3.32. The highest BCUT2D eigenvalue weighted by atomic mass is 16.5. The van der Waals surface area contributed by atoms with E-state index in [0.717, 1.165) is 43.8 Å². The highest BCUT2D eigenvalue weighted by Gasteiger charge is 2.23. The minimum atomic E-state index is -0.409. The minimum absolute atomic E-state index is 0.230. The third-order valence-electron chi connectivity index (χ3n) is 5.72. The number of quaternary nitrogens is 1. The Balaban J connectivity index is 1.63. The Morgan fingerprint density at radius 2 is 1.87 bits per heavy atom. The average Bonchev–Trinajstić information content (AvgIpc) is 3.24. The molecule has 4 rings (SSSR count). The van der Waals surface area contributed by atoms with Gasteiger partial charge in [-0.3, -0.25) is 4.79 Å². The second-order valence-corrected chi connectivity index (χ2v) is 7.65. The third kappa shape index (κ3) is 4.56. The van der Waals surface area contributed by atoms with Crippen LogP contribution in [0.3, 0.4) is 0 Å². The molecule has 0 atom stereocenters. The van der Waals surface area contributed by atoms with Crippen LogP contribution in [-0.4, -0.2) is 51.2 Å². The summed E-state index contributed by atoms with van der Waals surface area (Å²) in [7, 11) is 0. The van der Waals surface area contributed by atoms with Gasteiger partial charge < -0.3 is 24.3 Å². The topological polar surface area (TPSA) is 76.2 Å². The summed E-state index contributed by atoms with van der Waals surface area (Å²) in [5.41, 5.74) is 2.54. The number of carbonyl (C=O) groups is 2. The molecule has 162 valence electrons. The monoisotopic (exact) mass is 422 g/mol. The van der Waals surface area contributed by atoms with Gasteiger partial charge in [0.25, 0.3) is 5.91 Å². The number of ether oxygens (including phenoxy) is 1. The maximum Gasteiger partial charge on any atom is 0.338 e. The molecule has 0 unspecified atom stereocenters. The zero-order chi connectivity index (χ0) is 21.8. The Bertz CT molecular complexity index is 1050. The Morgan fingerprint density at radius 3 is 2.58 bits per heavy atom. The summed E-state index contributed by atoms with van der Waals surface area (Å²) in [6.07, 6.45) is 0. The second kappa shape index (κ2) is 9.22. The van der Waals surface area contributed by atoms with Crippen LogP contribution in [0.2, 0.25) is 0 Å². The van der Waals surface area contributed by atoms with Gasteiger partial charge in [0.2, 0.25) is 0 Å². The molecule has 1 amide bonds. The van der Waals surface area contributed by atoms with Crippen LogP contribution in [-0.2, 0) is 4.74 Å². The van der Waals surface area contributed by atoms with Gasteiger partial charge in [-0.2, -0.15) is 0 Å². The molecule has 0 spiro atoms. The number of carbonyl (C=O) groups excluding carboxylic acids is 2. The lowest BCUT2D eigenvalue weighted by molar-refractivity contribution is -0.898. The van der Waals surface area contributed by atoms with Crippen molar-refractivity contribution in [1.29, 1.82) is 0 Å². The van der Waals surface area contributed by atoms with Gasteiger partial charge in [-0.25, -0.2) is 4.79 Å². The van der Waals surface area contributed by atoms with E-state index in [-0.39, 0.29) is 11.7 Å². The van der Waals surface area contributed by atoms with Crippen molar-refractivity contribution in [3.63, 3.8) is 0 Å². The van der Waals surface area contributed by atoms with Crippen LogP contribution in [0.15, 0.2) is 52.9 Å². The molecule has 2 aromatic carbocycles. The number of amides is 1. The predicted octanol–water partition coefficient (Wildman–Crippen LogP) is 2.59. The van der Waals surface area contributed by atoms with E-state index in [1.54, 1.807) is 30.0 Å². The van der Waals surface area contributed by atoms with Crippen molar-refractivity contribution in [2.24, 2.45) is 0 Å². The molecule has 0 radical (unpaired) electrons. The number of nitrogens with zero attached hydrogens (tertiary/aromatic N) is 1. The number of piperazine rings is 1. The van der Waals surface area contributed by atoms with Gasteiger partial charge in [-0.1, -0.05) is 18.2 Å². The summed E-state index contributed by atoms with van der Waals surface area (Å²) in [6.45, 7) is 9.20. The van der Waals surface area contributed by atoms with Gasteiger partial charge in [-0.15, -0.1) is 0 Å². The number of likely N-dealkylation sites (N-methyl/N-ethyl adjacent to an activating group) is 1. The van der Waals surface area contributed by atoms with Crippen molar-refractivity contribution in [3.8, 4) is 0 Å². The number of para-hydroxylation sites is 1. The first-order chi connectivity index (χ1) is 15.1. The van der Waals surface area contributed by atoms with E-state index >= 15 is 0 Å². The predicted molar refractivity (Wildman–Crippen MR) is 120 cm³/mol. The van der Waals surface area contributed by atoms with E-state index in [9.17, 15) is 9.59 Å². The quantitative estimate of drug-likeness (QED) is 0.597. The first-order valence-corrected chi connectivity index (χ1v) is 10.8. The molecular formula is C24H28N3O4+. The second-order valence-electron chi connectivity index (χ2n) is 7.65. The summed E-state index contributed by atoms with van der Waals surface area (Å²) in [5.74, 6) is -0.529. The molecule has 1 aliphatic heterocycles. The van der Waals surface area contributed by atoms with Gasteiger partial charge >= 0.3 is 5.97 Å². The number of nitrogens with one attached hydrogen (secondary N) is 2. The molecule has 0 saturated carbocycles. The Morgan fingerprint density at radius 1 is 1.10 bits per heavy atom. The molecule has 7 heteroatoms. The van der Waals surface area contributed by atoms with E-state index in [0.29, 0.717) is 23.4 Å². The largest absolute Gasteiger partial charge is 0.462 e. The summed E-state index contributed by atoms with van der Waals surface area (Å²) >= 11 is 0. The highest BCUT2D eigenvalue weighted by molar-refractivity contribution is 6.07. The molecule has 1 aliphatic rings. The van der Waals surface area contributed by atoms with Crippen LogP contribution < -0.4 is 15.1 Å². The standard InChI is InChI=1S/C24H27N3O4/c1-3-26-11-13-27(14-12-26)20-10-9-18(24(29)30-4-2)15-19(20)25-23(28)22-16-17-7-5-6-8-21(17)31-22/h5-10,15-16H,3-4,11-14H2,1-2H3,(H,25,28)/p+1. The van der Waals surface area contributed by atoms with Crippen molar-refractivity contribution in [3.05, 3.63) is 59.9 Å². The maximum atomic E-state index is 13.0. The van der Waals surface area contributed by atoms with Gasteiger partial charge in [0, 0.05) is 5.39 Å². The molecule has 1 fully saturated rings. The third-order valence-corrected chi connectivity index (χ3v) is 5.72. The summed E-state index contributed by atoms with van der Waals surface area (Å²) in [6, 6.07) is 14.5. The molecular weight excluding hydrogens is 394 g/mol. The lowest BCUT2D eigenvalue weighted by Gasteiger charge is -2.34. The van der Waals surface area contributed by atoms with E-state index in [2.05, 4.69) is 17.1 Å². The smallest absolute Gasteiger partial charge is 0.338 e. The van der Waals surface area contributed by atoms with Crippen LogP contribution in [0.1, 0.15) is 34.8 Å². The van der Waals surface area contributed by atoms with Crippen molar-refractivity contribution >= 4 is 34.2 Å². The minimum Gasteiger partial charge on any atom is -0.462 e. The van der Waals surface area contributed by atoms with Gasteiger partial charge in [0.05, 0.1) is 56.3 Å². The molecule has 0 aliphatic carbocycles. The number of rotatable bonds is 6. The highest BCUT2D eigenvalue weighted by Crippen LogP contribution is 2.29. The summed E-state index contributed by atoms with van der Waals surface area (Å²) in [5, 5.41) is 3.83. The molecule has 1 aromatic heterocycles. The molecule has 7 nitrogen and oxygen atoms in total. The fourth-order valence-corrected chi connectivity index (χ4v) is 3.95. The molecule has 0 bridgehead atoms. The maximum absolute atomic E-state index is 13.0. The fraction of sp³-hybridized carbons (Fsp3) is 0.333. The number of anilines is 2. The Labute approximate surface area is 181 Å². The SMILES string of the molecule is CCOC(=O)c1ccc(N2CC[NH+](CC)CC2)c(NC(=O)c2cc3ccccc3o2)c1.